The summed E-state index contributed by atoms with van der Waals surface area (Å²) in [5.41, 5.74) is 0.0385. The van der Waals surface area contributed by atoms with Gasteiger partial charge in [-0.05, 0) is 50.9 Å². The topological polar surface area (TPSA) is 43.8 Å². The predicted molar refractivity (Wildman–Crippen MR) is 84.2 cm³/mol. The van der Waals surface area contributed by atoms with Crippen LogP contribution in [-0.4, -0.2) is 60.1 Å². The van der Waals surface area contributed by atoms with E-state index >= 15 is 0 Å². The standard InChI is InChI=1S/C17H24F2N2O2/c1-12(22)10-21-5-3-13(4-6-21)11-20(2)17(23)14-7-15(18)9-16(19)8-14/h7-9,12-13,22H,3-6,10-11H2,1-2H3. The molecule has 4 nitrogen and oxygen atoms in total. The molecule has 1 atom stereocenters. The summed E-state index contributed by atoms with van der Waals surface area (Å²) in [6, 6.07) is 2.88. The molecule has 128 valence electrons. The van der Waals surface area contributed by atoms with Crippen LogP contribution in [0.15, 0.2) is 18.2 Å². The lowest BCUT2D eigenvalue weighted by molar-refractivity contribution is 0.0702. The minimum Gasteiger partial charge on any atom is -0.392 e. The molecule has 1 fully saturated rings. The van der Waals surface area contributed by atoms with Gasteiger partial charge in [0.15, 0.2) is 0 Å². The Labute approximate surface area is 135 Å². The van der Waals surface area contributed by atoms with Gasteiger partial charge in [-0.15, -0.1) is 0 Å². The Morgan fingerprint density at radius 1 is 1.30 bits per heavy atom. The van der Waals surface area contributed by atoms with Crippen molar-refractivity contribution in [2.75, 3.05) is 33.2 Å². The fraction of sp³-hybridized carbons (Fsp3) is 0.588. The lowest BCUT2D eigenvalue weighted by Gasteiger charge is -2.34. The van der Waals surface area contributed by atoms with E-state index in [0.29, 0.717) is 19.0 Å². The summed E-state index contributed by atoms with van der Waals surface area (Å²) in [7, 11) is 1.66. The molecule has 1 aromatic rings. The van der Waals surface area contributed by atoms with Crippen LogP contribution < -0.4 is 0 Å². The van der Waals surface area contributed by atoms with E-state index in [1.165, 1.54) is 4.90 Å². The number of likely N-dealkylation sites (tertiary alicyclic amines) is 1. The Hall–Kier alpha value is -1.53. The molecule has 1 heterocycles. The number of rotatable bonds is 5. The SMILES string of the molecule is CC(O)CN1CCC(CN(C)C(=O)c2cc(F)cc(F)c2)CC1. The molecule has 6 heteroatoms. The lowest BCUT2D eigenvalue weighted by atomic mass is 9.96. The summed E-state index contributed by atoms with van der Waals surface area (Å²) in [6.45, 7) is 4.80. The number of hydrogen-bond acceptors (Lipinski definition) is 3. The molecule has 0 spiro atoms. The van der Waals surface area contributed by atoms with Gasteiger partial charge in [0.2, 0.25) is 0 Å². The maximum Gasteiger partial charge on any atom is 0.253 e. The third-order valence-electron chi connectivity index (χ3n) is 4.22. The van der Waals surface area contributed by atoms with E-state index in [2.05, 4.69) is 4.90 Å². The Bertz CT molecular complexity index is 523. The Kier molecular flexibility index (Phi) is 6.07. The van der Waals surface area contributed by atoms with Gasteiger partial charge in [0.05, 0.1) is 6.10 Å². The van der Waals surface area contributed by atoms with Crippen LogP contribution in [0.3, 0.4) is 0 Å². The summed E-state index contributed by atoms with van der Waals surface area (Å²) < 4.78 is 26.4. The van der Waals surface area contributed by atoms with Crippen molar-refractivity contribution in [1.82, 2.24) is 9.80 Å². The number of carbonyl (C=O) groups is 1. The molecule has 0 radical (unpaired) electrons. The van der Waals surface area contributed by atoms with Crippen LogP contribution in [-0.2, 0) is 0 Å². The average molecular weight is 326 g/mol. The number of aliphatic hydroxyl groups excluding tert-OH is 1. The predicted octanol–water partition coefficient (Wildman–Crippen LogP) is 2.13. The van der Waals surface area contributed by atoms with Crippen LogP contribution in [0.5, 0.6) is 0 Å². The van der Waals surface area contributed by atoms with E-state index in [1.807, 2.05) is 0 Å². The third kappa shape index (κ3) is 5.25. The van der Waals surface area contributed by atoms with Crippen molar-refractivity contribution < 1.29 is 18.7 Å². The van der Waals surface area contributed by atoms with Gasteiger partial charge >= 0.3 is 0 Å². The summed E-state index contributed by atoms with van der Waals surface area (Å²) in [5, 5.41) is 9.40. The lowest BCUT2D eigenvalue weighted by Crippen LogP contribution is -2.41. The number of carbonyl (C=O) groups excluding carboxylic acids is 1. The zero-order chi connectivity index (χ0) is 17.0. The molecular formula is C17H24F2N2O2. The third-order valence-corrected chi connectivity index (χ3v) is 4.22. The summed E-state index contributed by atoms with van der Waals surface area (Å²) in [6.07, 6.45) is 1.56. The fourth-order valence-electron chi connectivity index (χ4n) is 3.09. The first-order chi connectivity index (χ1) is 10.8. The molecule has 0 saturated carbocycles. The highest BCUT2D eigenvalue weighted by atomic mass is 19.1. The number of amides is 1. The number of β-amino-alcohol motifs (C(OH)–C–C–N with tert-alkyl or cyclic N) is 1. The zero-order valence-electron chi connectivity index (χ0n) is 13.6. The normalized spacial score (nSPS) is 18.0. The van der Waals surface area contributed by atoms with Crippen molar-refractivity contribution in [3.63, 3.8) is 0 Å². The van der Waals surface area contributed by atoms with Crippen molar-refractivity contribution >= 4 is 5.91 Å². The average Bonchev–Trinajstić information content (AvgIpc) is 2.47. The van der Waals surface area contributed by atoms with Crippen LogP contribution in [0.1, 0.15) is 30.1 Å². The van der Waals surface area contributed by atoms with Crippen LogP contribution in [0.2, 0.25) is 0 Å². The Morgan fingerprint density at radius 2 is 1.87 bits per heavy atom. The Balaban J connectivity index is 1.87. The first-order valence-corrected chi connectivity index (χ1v) is 7.97. The number of piperidine rings is 1. The van der Waals surface area contributed by atoms with Crippen LogP contribution in [0.25, 0.3) is 0 Å². The maximum absolute atomic E-state index is 13.2. The zero-order valence-corrected chi connectivity index (χ0v) is 13.6. The molecule has 1 aliphatic heterocycles. The second-order valence-corrected chi connectivity index (χ2v) is 6.44. The quantitative estimate of drug-likeness (QED) is 0.901. The highest BCUT2D eigenvalue weighted by Crippen LogP contribution is 2.19. The van der Waals surface area contributed by atoms with Gasteiger partial charge in [0.25, 0.3) is 5.91 Å². The van der Waals surface area contributed by atoms with E-state index < -0.39 is 11.6 Å². The van der Waals surface area contributed by atoms with E-state index in [4.69, 9.17) is 0 Å². The van der Waals surface area contributed by atoms with Crippen molar-refractivity contribution in [3.8, 4) is 0 Å². The summed E-state index contributed by atoms with van der Waals surface area (Å²) in [5.74, 6) is -1.48. The number of halogens is 2. The van der Waals surface area contributed by atoms with Gasteiger partial charge in [-0.25, -0.2) is 8.78 Å². The molecule has 1 saturated heterocycles. The van der Waals surface area contributed by atoms with Gasteiger partial charge in [-0.2, -0.15) is 0 Å². The highest BCUT2D eigenvalue weighted by Gasteiger charge is 2.23. The van der Waals surface area contributed by atoms with E-state index in [1.54, 1.807) is 14.0 Å². The first kappa shape index (κ1) is 17.8. The highest BCUT2D eigenvalue weighted by molar-refractivity contribution is 5.94. The smallest absolute Gasteiger partial charge is 0.253 e. The number of aliphatic hydroxyl groups is 1. The van der Waals surface area contributed by atoms with Crippen molar-refractivity contribution in [3.05, 3.63) is 35.4 Å². The Morgan fingerprint density at radius 3 is 2.39 bits per heavy atom. The molecule has 0 bridgehead atoms. The number of nitrogens with zero attached hydrogens (tertiary/aromatic N) is 2. The van der Waals surface area contributed by atoms with Crippen LogP contribution in [0.4, 0.5) is 8.78 Å². The molecule has 1 N–H and O–H groups in total. The second-order valence-electron chi connectivity index (χ2n) is 6.44. The minimum atomic E-state index is -0.742. The molecule has 1 aliphatic rings. The van der Waals surface area contributed by atoms with Crippen molar-refractivity contribution in [1.29, 1.82) is 0 Å². The van der Waals surface area contributed by atoms with Gasteiger partial charge in [0.1, 0.15) is 11.6 Å². The van der Waals surface area contributed by atoms with E-state index in [9.17, 15) is 18.7 Å². The van der Waals surface area contributed by atoms with Crippen molar-refractivity contribution in [2.24, 2.45) is 5.92 Å². The molecule has 0 aromatic heterocycles. The van der Waals surface area contributed by atoms with Gasteiger partial charge in [-0.1, -0.05) is 0 Å². The van der Waals surface area contributed by atoms with Crippen LogP contribution >= 0.6 is 0 Å². The van der Waals surface area contributed by atoms with Crippen molar-refractivity contribution in [2.45, 2.75) is 25.9 Å². The summed E-state index contributed by atoms with van der Waals surface area (Å²) >= 11 is 0. The van der Waals surface area contributed by atoms with Gasteiger partial charge in [-0.3, -0.25) is 4.79 Å². The molecule has 0 aliphatic carbocycles. The van der Waals surface area contributed by atoms with Crippen LogP contribution in [0, 0.1) is 17.6 Å². The fourth-order valence-corrected chi connectivity index (χ4v) is 3.09. The van der Waals surface area contributed by atoms with E-state index in [0.717, 1.165) is 44.1 Å². The minimum absolute atomic E-state index is 0.0385. The van der Waals surface area contributed by atoms with E-state index in [-0.39, 0.29) is 17.6 Å². The number of hydrogen-bond donors (Lipinski definition) is 1. The molecule has 1 aromatic carbocycles. The second kappa shape index (κ2) is 7.84. The maximum atomic E-state index is 13.2. The van der Waals surface area contributed by atoms with Gasteiger partial charge < -0.3 is 14.9 Å². The monoisotopic (exact) mass is 326 g/mol. The molecule has 23 heavy (non-hydrogen) atoms. The molecular weight excluding hydrogens is 302 g/mol. The number of benzene rings is 1. The first-order valence-electron chi connectivity index (χ1n) is 7.97. The summed E-state index contributed by atoms with van der Waals surface area (Å²) in [4.78, 5) is 16.0. The largest absolute Gasteiger partial charge is 0.392 e. The molecule has 1 unspecified atom stereocenters. The van der Waals surface area contributed by atoms with Gasteiger partial charge in [0, 0.05) is 31.8 Å². The molecule has 1 amide bonds. The molecule has 2 rings (SSSR count).